The zero-order chi connectivity index (χ0) is 19.9. The molecular weight excluding hydrogens is 380 g/mol. The molecule has 0 aromatic heterocycles. The van der Waals surface area contributed by atoms with E-state index in [1.807, 2.05) is 67.6 Å². The molecule has 0 N–H and O–H groups in total. The number of benzene rings is 2. The Morgan fingerprint density at radius 1 is 0.893 bits per heavy atom. The van der Waals surface area contributed by atoms with E-state index in [0.717, 1.165) is 11.1 Å². The fourth-order valence-electron chi connectivity index (χ4n) is 3.21. The number of carbonyl (C=O) groups is 1. The van der Waals surface area contributed by atoms with Gasteiger partial charge in [-0.1, -0.05) is 72.3 Å². The number of esters is 1. The number of halogens is 1. The molecule has 1 aliphatic rings. The van der Waals surface area contributed by atoms with Gasteiger partial charge in [-0.05, 0) is 18.1 Å². The summed E-state index contributed by atoms with van der Waals surface area (Å²) in [6.07, 6.45) is -2.18. The topological polar surface area (TPSA) is 54.0 Å². The minimum atomic E-state index is -0.716. The van der Waals surface area contributed by atoms with Crippen LogP contribution >= 0.6 is 11.6 Å². The smallest absolute Gasteiger partial charge is 0.303 e. The molecule has 0 amide bonds. The molecule has 5 atom stereocenters. The van der Waals surface area contributed by atoms with Crippen LogP contribution in [0.3, 0.4) is 0 Å². The molecule has 0 aliphatic carbocycles. The first-order valence-corrected chi connectivity index (χ1v) is 9.76. The molecule has 0 radical (unpaired) electrons. The zero-order valence-corrected chi connectivity index (χ0v) is 16.7. The number of hydrogen-bond donors (Lipinski definition) is 0. The molecule has 28 heavy (non-hydrogen) atoms. The molecule has 1 aliphatic heterocycles. The number of hydrogen-bond acceptors (Lipinski definition) is 5. The standard InChI is InChI=1S/C22H25ClO5/c1-15-19(28-16(2)24)20(25-13-17-9-5-3-6-10-17)21(22(23)27-15)26-14-18-11-7-4-8-12-18/h3-12,15,19-22H,13-14H2,1-2H3/t15-,19-,20+,21+,22+/m0/s1. The summed E-state index contributed by atoms with van der Waals surface area (Å²) in [6, 6.07) is 19.6. The van der Waals surface area contributed by atoms with Gasteiger partial charge < -0.3 is 18.9 Å². The number of ether oxygens (including phenoxy) is 4. The Kier molecular flexibility index (Phi) is 7.45. The van der Waals surface area contributed by atoms with Gasteiger partial charge in [0.25, 0.3) is 0 Å². The molecule has 0 saturated carbocycles. The van der Waals surface area contributed by atoms with Crippen LogP contribution in [0.4, 0.5) is 0 Å². The van der Waals surface area contributed by atoms with Crippen LogP contribution < -0.4 is 0 Å². The normalized spacial score (nSPS) is 27.3. The van der Waals surface area contributed by atoms with E-state index in [4.69, 9.17) is 30.5 Å². The van der Waals surface area contributed by atoms with Crippen molar-refractivity contribution < 1.29 is 23.7 Å². The summed E-state index contributed by atoms with van der Waals surface area (Å²) in [5, 5.41) is 0. The molecule has 1 fully saturated rings. The van der Waals surface area contributed by atoms with Crippen LogP contribution in [0.1, 0.15) is 25.0 Å². The minimum absolute atomic E-state index is 0.352. The van der Waals surface area contributed by atoms with Crippen molar-refractivity contribution in [3.8, 4) is 0 Å². The third-order valence-electron chi connectivity index (χ3n) is 4.59. The Morgan fingerprint density at radius 2 is 1.39 bits per heavy atom. The minimum Gasteiger partial charge on any atom is -0.457 e. The van der Waals surface area contributed by atoms with Crippen LogP contribution in [0.25, 0.3) is 0 Å². The first-order valence-electron chi connectivity index (χ1n) is 9.32. The van der Waals surface area contributed by atoms with Crippen molar-refractivity contribution in [2.24, 2.45) is 0 Å². The van der Waals surface area contributed by atoms with E-state index in [2.05, 4.69) is 0 Å². The Balaban J connectivity index is 1.76. The molecule has 6 heteroatoms. The van der Waals surface area contributed by atoms with Gasteiger partial charge in [0.2, 0.25) is 0 Å². The van der Waals surface area contributed by atoms with Crippen LogP contribution in [-0.4, -0.2) is 35.9 Å². The molecule has 0 bridgehead atoms. The fourth-order valence-corrected chi connectivity index (χ4v) is 3.59. The summed E-state index contributed by atoms with van der Waals surface area (Å²) >= 11 is 6.45. The highest BCUT2D eigenvalue weighted by atomic mass is 35.5. The Labute approximate surface area is 170 Å². The predicted octanol–water partition coefficient (Wildman–Crippen LogP) is 4.07. The molecular formula is C22H25ClO5. The first-order chi connectivity index (χ1) is 13.5. The maximum atomic E-state index is 11.6. The quantitative estimate of drug-likeness (QED) is 0.514. The summed E-state index contributed by atoms with van der Waals surface area (Å²) < 4.78 is 23.5. The molecule has 5 nitrogen and oxygen atoms in total. The Hall–Kier alpha value is -1.92. The SMILES string of the molecule is CC(=O)O[C@@H]1[C@@H](OCc2ccccc2)[C@@H](OCc2ccccc2)[C@H](Cl)O[C@H]1C. The summed E-state index contributed by atoms with van der Waals surface area (Å²) in [5.41, 5.74) is 1.30. The highest BCUT2D eigenvalue weighted by Gasteiger charge is 2.47. The van der Waals surface area contributed by atoms with Gasteiger partial charge in [-0.15, -0.1) is 0 Å². The lowest BCUT2D eigenvalue weighted by molar-refractivity contribution is -0.238. The highest BCUT2D eigenvalue weighted by molar-refractivity contribution is 6.20. The van der Waals surface area contributed by atoms with Gasteiger partial charge in [0, 0.05) is 6.92 Å². The second-order valence-electron chi connectivity index (χ2n) is 6.79. The summed E-state index contributed by atoms with van der Waals surface area (Å²) in [6.45, 7) is 3.89. The largest absolute Gasteiger partial charge is 0.457 e. The van der Waals surface area contributed by atoms with E-state index in [-0.39, 0.29) is 0 Å². The van der Waals surface area contributed by atoms with Gasteiger partial charge in [0.1, 0.15) is 12.2 Å². The first kappa shape index (κ1) is 20.8. The molecule has 150 valence electrons. The maximum Gasteiger partial charge on any atom is 0.303 e. The van der Waals surface area contributed by atoms with Crippen LogP contribution in [0.2, 0.25) is 0 Å². The average Bonchev–Trinajstić information content (AvgIpc) is 2.69. The highest BCUT2D eigenvalue weighted by Crippen LogP contribution is 2.31. The Morgan fingerprint density at radius 3 is 1.89 bits per heavy atom. The molecule has 3 rings (SSSR count). The molecule has 2 aromatic rings. The van der Waals surface area contributed by atoms with Crippen LogP contribution in [0.5, 0.6) is 0 Å². The summed E-state index contributed by atoms with van der Waals surface area (Å²) in [5.74, 6) is -0.399. The van der Waals surface area contributed by atoms with Crippen LogP contribution in [-0.2, 0) is 37.0 Å². The van der Waals surface area contributed by atoms with Gasteiger partial charge in [-0.2, -0.15) is 0 Å². The van der Waals surface area contributed by atoms with Crippen molar-refractivity contribution in [1.29, 1.82) is 0 Å². The van der Waals surface area contributed by atoms with E-state index in [9.17, 15) is 4.79 Å². The third-order valence-corrected chi connectivity index (χ3v) is 4.94. The summed E-state index contributed by atoms with van der Waals surface area (Å²) in [7, 11) is 0. The van der Waals surface area contributed by atoms with Crippen molar-refractivity contribution >= 4 is 17.6 Å². The average molecular weight is 405 g/mol. The maximum absolute atomic E-state index is 11.6. The molecule has 1 heterocycles. The zero-order valence-electron chi connectivity index (χ0n) is 16.0. The van der Waals surface area contributed by atoms with E-state index < -0.39 is 35.9 Å². The van der Waals surface area contributed by atoms with Crippen molar-refractivity contribution in [3.63, 3.8) is 0 Å². The van der Waals surface area contributed by atoms with E-state index >= 15 is 0 Å². The second kappa shape index (κ2) is 10.0. The number of carbonyl (C=O) groups excluding carboxylic acids is 1. The van der Waals surface area contributed by atoms with Crippen molar-refractivity contribution in [2.75, 3.05) is 0 Å². The van der Waals surface area contributed by atoms with Gasteiger partial charge in [-0.25, -0.2) is 0 Å². The lowest BCUT2D eigenvalue weighted by atomic mass is 10.00. The second-order valence-corrected chi connectivity index (χ2v) is 7.22. The van der Waals surface area contributed by atoms with E-state index in [1.54, 1.807) is 0 Å². The lowest BCUT2D eigenvalue weighted by Crippen LogP contribution is -2.58. The van der Waals surface area contributed by atoms with Crippen LogP contribution in [0.15, 0.2) is 60.7 Å². The van der Waals surface area contributed by atoms with Gasteiger partial charge in [0.05, 0.1) is 19.3 Å². The van der Waals surface area contributed by atoms with Crippen molar-refractivity contribution in [1.82, 2.24) is 0 Å². The fraction of sp³-hybridized carbons (Fsp3) is 0.409. The third kappa shape index (κ3) is 5.55. The number of alkyl halides is 1. The van der Waals surface area contributed by atoms with E-state index in [1.165, 1.54) is 6.92 Å². The van der Waals surface area contributed by atoms with E-state index in [0.29, 0.717) is 13.2 Å². The van der Waals surface area contributed by atoms with Crippen LogP contribution in [0, 0.1) is 0 Å². The predicted molar refractivity (Wildman–Crippen MR) is 106 cm³/mol. The molecule has 1 saturated heterocycles. The van der Waals surface area contributed by atoms with Crippen molar-refractivity contribution in [3.05, 3.63) is 71.8 Å². The molecule has 0 spiro atoms. The lowest BCUT2D eigenvalue weighted by Gasteiger charge is -2.42. The number of rotatable bonds is 7. The van der Waals surface area contributed by atoms with Gasteiger partial charge in [-0.3, -0.25) is 4.79 Å². The van der Waals surface area contributed by atoms with Gasteiger partial charge >= 0.3 is 5.97 Å². The van der Waals surface area contributed by atoms with Gasteiger partial charge in [0.15, 0.2) is 11.7 Å². The molecule has 0 unspecified atom stereocenters. The summed E-state index contributed by atoms with van der Waals surface area (Å²) in [4.78, 5) is 11.6. The van der Waals surface area contributed by atoms with Crippen molar-refractivity contribution in [2.45, 2.75) is 57.0 Å². The molecule has 2 aromatic carbocycles. The Bertz CT molecular complexity index is 739. The monoisotopic (exact) mass is 404 g/mol.